The molecule has 2 nitrogen and oxygen atoms in total. The first-order valence-corrected chi connectivity index (χ1v) is 12.4. The summed E-state index contributed by atoms with van der Waals surface area (Å²) in [7, 11) is -3.26. The summed E-state index contributed by atoms with van der Waals surface area (Å²) in [6, 6.07) is 38.5. The number of fused-ring (bicyclic) bond motifs is 1. The van der Waals surface area contributed by atoms with Gasteiger partial charge in [-0.2, -0.15) is 0 Å². The highest BCUT2D eigenvalue weighted by atomic mass is 32.2. The van der Waals surface area contributed by atoms with Gasteiger partial charge in [-0.15, -0.1) is 0 Å². The van der Waals surface area contributed by atoms with E-state index in [-0.39, 0.29) is 0 Å². The highest BCUT2D eigenvalue weighted by Gasteiger charge is 2.25. The van der Waals surface area contributed by atoms with E-state index in [2.05, 4.69) is 72.8 Å². The van der Waals surface area contributed by atoms with Crippen molar-refractivity contribution < 1.29 is 8.42 Å². The first kappa shape index (κ1) is 20.2. The molecule has 0 unspecified atom stereocenters. The van der Waals surface area contributed by atoms with E-state index in [4.69, 9.17) is 0 Å². The summed E-state index contributed by atoms with van der Waals surface area (Å²) in [6.45, 7) is 0. The minimum atomic E-state index is -3.26. The smallest absolute Gasteiger partial charge is 0.175 e. The molecule has 0 fully saturated rings. The Morgan fingerprint density at radius 3 is 1.22 bits per heavy atom. The molecule has 0 N–H and O–H groups in total. The molecule has 156 valence electrons. The van der Waals surface area contributed by atoms with E-state index in [9.17, 15) is 8.42 Å². The first-order chi connectivity index (χ1) is 15.5. The third-order valence-corrected chi connectivity index (χ3v) is 6.90. The van der Waals surface area contributed by atoms with Gasteiger partial charge in [-0.1, -0.05) is 103 Å². The van der Waals surface area contributed by atoms with Gasteiger partial charge in [-0.25, -0.2) is 8.42 Å². The molecule has 32 heavy (non-hydrogen) atoms. The molecule has 0 saturated carbocycles. The van der Waals surface area contributed by atoms with Gasteiger partial charge in [-0.3, -0.25) is 0 Å². The van der Waals surface area contributed by atoms with Gasteiger partial charge >= 0.3 is 0 Å². The van der Waals surface area contributed by atoms with E-state index in [1.54, 1.807) is 12.1 Å². The number of sulfone groups is 1. The van der Waals surface area contributed by atoms with Crippen molar-refractivity contribution in [2.24, 2.45) is 0 Å². The average Bonchev–Trinajstić information content (AvgIpc) is 2.95. The highest BCUT2D eigenvalue weighted by molar-refractivity contribution is 7.90. The van der Waals surface area contributed by atoms with E-state index >= 15 is 0 Å². The molecule has 0 amide bonds. The molecule has 2 aliphatic carbocycles. The Kier molecular flexibility index (Phi) is 5.12. The zero-order chi connectivity index (χ0) is 22.1. The molecule has 0 saturated heterocycles. The molecule has 3 heteroatoms. The molecule has 0 aromatic heterocycles. The van der Waals surface area contributed by atoms with Gasteiger partial charge < -0.3 is 0 Å². The first-order valence-electron chi connectivity index (χ1n) is 10.5. The van der Waals surface area contributed by atoms with Crippen LogP contribution in [0.3, 0.4) is 0 Å². The van der Waals surface area contributed by atoms with Crippen LogP contribution in [0.2, 0.25) is 0 Å². The van der Waals surface area contributed by atoms with Gasteiger partial charge in [0.2, 0.25) is 0 Å². The van der Waals surface area contributed by atoms with E-state index in [1.807, 2.05) is 30.3 Å². The van der Waals surface area contributed by atoms with E-state index in [0.717, 1.165) is 33.4 Å². The second-order valence-electron chi connectivity index (χ2n) is 7.89. The Bertz CT molecular complexity index is 1380. The summed E-state index contributed by atoms with van der Waals surface area (Å²) >= 11 is 0. The van der Waals surface area contributed by atoms with Crippen LogP contribution in [0.25, 0.3) is 44.5 Å². The lowest BCUT2D eigenvalue weighted by molar-refractivity contribution is 0.602. The molecule has 2 aliphatic rings. The maximum absolute atomic E-state index is 12.0. The van der Waals surface area contributed by atoms with E-state index in [0.29, 0.717) is 4.90 Å². The summed E-state index contributed by atoms with van der Waals surface area (Å²) in [6.07, 6.45) is 1.24. The Morgan fingerprint density at radius 2 is 0.812 bits per heavy atom. The molecule has 0 spiro atoms. The number of hydrogen-bond donors (Lipinski definition) is 0. The van der Waals surface area contributed by atoms with Crippen molar-refractivity contribution in [3.63, 3.8) is 0 Å². The van der Waals surface area contributed by atoms with Crippen molar-refractivity contribution in [2.75, 3.05) is 6.26 Å². The van der Waals surface area contributed by atoms with Crippen LogP contribution in [0, 0.1) is 0 Å². The maximum Gasteiger partial charge on any atom is 0.175 e. The Hall–Kier alpha value is -3.69. The van der Waals surface area contributed by atoms with Gasteiger partial charge in [-0.05, 0) is 56.6 Å². The Morgan fingerprint density at radius 1 is 0.438 bits per heavy atom. The predicted molar refractivity (Wildman–Crippen MR) is 132 cm³/mol. The molecule has 5 rings (SSSR count). The fraction of sp³-hybridized carbons (Fsp3) is 0.0345. The van der Waals surface area contributed by atoms with Gasteiger partial charge in [0, 0.05) is 6.26 Å². The van der Waals surface area contributed by atoms with Crippen molar-refractivity contribution in [2.45, 2.75) is 4.90 Å². The summed E-state index contributed by atoms with van der Waals surface area (Å²) in [5, 5.41) is 0. The van der Waals surface area contributed by atoms with Crippen LogP contribution in [0.1, 0.15) is 0 Å². The molecule has 0 aliphatic heterocycles. The largest absolute Gasteiger partial charge is 0.224 e. The normalized spacial score (nSPS) is 11.5. The van der Waals surface area contributed by atoms with Crippen LogP contribution in [0.5, 0.6) is 0 Å². The van der Waals surface area contributed by atoms with Gasteiger partial charge in [0.25, 0.3) is 0 Å². The second kappa shape index (κ2) is 8.10. The second-order valence-corrected chi connectivity index (χ2v) is 9.91. The van der Waals surface area contributed by atoms with Gasteiger partial charge in [0.1, 0.15) is 0 Å². The topological polar surface area (TPSA) is 34.1 Å². The third-order valence-electron chi connectivity index (χ3n) is 5.77. The fourth-order valence-corrected chi connectivity index (χ4v) is 4.97. The molecule has 0 atom stereocenters. The summed E-state index contributed by atoms with van der Waals surface area (Å²) < 4.78 is 24.1. The van der Waals surface area contributed by atoms with Crippen LogP contribution in [0.4, 0.5) is 0 Å². The molecular formula is C29H22O2S. The lowest BCUT2D eigenvalue weighted by atomic mass is 9.93. The molecule has 0 bridgehead atoms. The van der Waals surface area contributed by atoms with Crippen LogP contribution in [0.15, 0.2) is 120 Å². The van der Waals surface area contributed by atoms with Crippen LogP contribution in [-0.2, 0) is 9.84 Å². The fourth-order valence-electron chi connectivity index (χ4n) is 4.34. The zero-order valence-electron chi connectivity index (χ0n) is 17.7. The van der Waals surface area contributed by atoms with Crippen LogP contribution in [-0.4, -0.2) is 14.7 Å². The standard InChI is InChI=1S/C29H22O2S/c1-32(30,31)24-19-17-23(18-20-24)29-27(21-11-5-2-6-12-21)25-15-9-4-10-16-26(25)28(29)22-13-7-3-8-14-22/h2-20H,1H3. The molecule has 3 aromatic rings. The van der Waals surface area contributed by atoms with E-state index < -0.39 is 9.84 Å². The van der Waals surface area contributed by atoms with Crippen molar-refractivity contribution in [3.8, 4) is 44.5 Å². The van der Waals surface area contributed by atoms with Crippen molar-refractivity contribution >= 4 is 9.84 Å². The molecule has 0 radical (unpaired) electrons. The van der Waals surface area contributed by atoms with Crippen molar-refractivity contribution in [3.05, 3.63) is 115 Å². The van der Waals surface area contributed by atoms with Crippen molar-refractivity contribution in [1.29, 1.82) is 0 Å². The monoisotopic (exact) mass is 434 g/mol. The Labute approximate surface area is 189 Å². The molecular weight excluding hydrogens is 412 g/mol. The van der Waals surface area contributed by atoms with Crippen molar-refractivity contribution in [1.82, 2.24) is 0 Å². The lowest BCUT2D eigenvalue weighted by Crippen LogP contribution is -1.96. The van der Waals surface area contributed by atoms with Gasteiger partial charge in [0.05, 0.1) is 4.90 Å². The lowest BCUT2D eigenvalue weighted by Gasteiger charge is -2.11. The maximum atomic E-state index is 12.0. The average molecular weight is 435 g/mol. The SMILES string of the molecule is CS(=O)(=O)c1ccc(-c2c(-c3ccccc3)c3cccccc-3c2-c2ccccc2)cc1. The quantitative estimate of drug-likeness (QED) is 0.300. The number of benzene rings is 3. The zero-order valence-corrected chi connectivity index (χ0v) is 18.5. The molecule has 3 aromatic carbocycles. The highest BCUT2D eigenvalue weighted by Crippen LogP contribution is 2.52. The summed E-state index contributed by atoms with van der Waals surface area (Å²) in [4.78, 5) is 0.325. The predicted octanol–water partition coefficient (Wildman–Crippen LogP) is 7.20. The van der Waals surface area contributed by atoms with Crippen LogP contribution < -0.4 is 0 Å². The Balaban J connectivity index is 1.91. The number of hydrogen-bond acceptors (Lipinski definition) is 2. The minimum absolute atomic E-state index is 0.325. The van der Waals surface area contributed by atoms with E-state index in [1.165, 1.54) is 17.4 Å². The summed E-state index contributed by atoms with van der Waals surface area (Å²) in [5.41, 5.74) is 9.02. The molecule has 0 heterocycles. The van der Waals surface area contributed by atoms with Gasteiger partial charge in [0.15, 0.2) is 9.84 Å². The third kappa shape index (κ3) is 3.61. The summed E-state index contributed by atoms with van der Waals surface area (Å²) in [5.74, 6) is 0. The minimum Gasteiger partial charge on any atom is -0.224 e. The van der Waals surface area contributed by atoms with Crippen LogP contribution >= 0.6 is 0 Å². The number of rotatable bonds is 4.